The number of nitrogens with one attached hydrogen (secondary N) is 1. The van der Waals surface area contributed by atoms with Gasteiger partial charge >= 0.3 is 0 Å². The fourth-order valence-corrected chi connectivity index (χ4v) is 4.13. The van der Waals surface area contributed by atoms with Gasteiger partial charge in [0.2, 0.25) is 0 Å². The summed E-state index contributed by atoms with van der Waals surface area (Å²) in [7, 11) is 0. The second-order valence-electron chi connectivity index (χ2n) is 5.05. The minimum atomic E-state index is 0.694. The van der Waals surface area contributed by atoms with Crippen molar-refractivity contribution in [2.75, 3.05) is 6.61 Å². The quantitative estimate of drug-likeness (QED) is 0.676. The third-order valence-electron chi connectivity index (χ3n) is 3.77. The standard InChI is InChI=1S/C17H14ClNOS/c1-2-20-11-4-5-12-16(8-11)21-9-14-13-7-10(18)3-6-15(13)19-17(12)14/h3-8,19H,2,9H2,1H3. The van der Waals surface area contributed by atoms with Crippen molar-refractivity contribution in [3.63, 3.8) is 0 Å². The van der Waals surface area contributed by atoms with E-state index >= 15 is 0 Å². The van der Waals surface area contributed by atoms with E-state index < -0.39 is 0 Å². The molecule has 4 rings (SSSR count). The molecule has 0 saturated carbocycles. The number of benzene rings is 2. The van der Waals surface area contributed by atoms with E-state index in [4.69, 9.17) is 16.3 Å². The minimum absolute atomic E-state index is 0.694. The Morgan fingerprint density at radius 1 is 1.24 bits per heavy atom. The molecule has 2 aromatic carbocycles. The molecule has 2 heterocycles. The fraction of sp³-hybridized carbons (Fsp3) is 0.176. The van der Waals surface area contributed by atoms with Crippen molar-refractivity contribution >= 4 is 34.3 Å². The molecule has 0 aliphatic carbocycles. The summed E-state index contributed by atoms with van der Waals surface area (Å²) in [5.74, 6) is 1.89. The molecule has 0 fully saturated rings. The van der Waals surface area contributed by atoms with Gasteiger partial charge in [-0.1, -0.05) is 11.6 Å². The minimum Gasteiger partial charge on any atom is -0.494 e. The Kier molecular flexibility index (Phi) is 3.12. The highest BCUT2D eigenvalue weighted by molar-refractivity contribution is 7.98. The molecule has 2 nitrogen and oxygen atoms in total. The van der Waals surface area contributed by atoms with Crippen molar-refractivity contribution in [3.8, 4) is 17.0 Å². The second-order valence-corrected chi connectivity index (χ2v) is 6.50. The van der Waals surface area contributed by atoms with E-state index in [0.717, 1.165) is 22.0 Å². The maximum Gasteiger partial charge on any atom is 0.120 e. The molecular weight excluding hydrogens is 302 g/mol. The van der Waals surface area contributed by atoms with Crippen LogP contribution in [0.4, 0.5) is 0 Å². The van der Waals surface area contributed by atoms with Gasteiger partial charge in [-0.05, 0) is 48.9 Å². The van der Waals surface area contributed by atoms with Crippen LogP contribution in [0.5, 0.6) is 5.75 Å². The molecule has 106 valence electrons. The normalized spacial score (nSPS) is 13.0. The number of rotatable bonds is 2. The molecule has 1 aliphatic rings. The van der Waals surface area contributed by atoms with Gasteiger partial charge in [0.15, 0.2) is 0 Å². The van der Waals surface area contributed by atoms with Gasteiger partial charge in [-0.25, -0.2) is 0 Å². The summed E-state index contributed by atoms with van der Waals surface area (Å²) in [4.78, 5) is 4.81. The molecular formula is C17H14ClNOS. The van der Waals surface area contributed by atoms with Crippen molar-refractivity contribution in [1.29, 1.82) is 0 Å². The van der Waals surface area contributed by atoms with Crippen LogP contribution in [0.15, 0.2) is 41.3 Å². The summed E-state index contributed by atoms with van der Waals surface area (Å²) in [6.07, 6.45) is 0. The van der Waals surface area contributed by atoms with Gasteiger partial charge in [0.05, 0.1) is 12.3 Å². The summed E-state index contributed by atoms with van der Waals surface area (Å²) < 4.78 is 5.59. The number of halogens is 1. The molecule has 0 bridgehead atoms. The van der Waals surface area contributed by atoms with Crippen LogP contribution < -0.4 is 4.74 Å². The van der Waals surface area contributed by atoms with Crippen molar-refractivity contribution in [1.82, 2.24) is 4.98 Å². The van der Waals surface area contributed by atoms with Crippen LogP contribution in [-0.4, -0.2) is 11.6 Å². The number of hydrogen-bond acceptors (Lipinski definition) is 2. The first-order chi connectivity index (χ1) is 10.3. The van der Waals surface area contributed by atoms with Crippen LogP contribution in [0.1, 0.15) is 12.5 Å². The van der Waals surface area contributed by atoms with Crippen molar-refractivity contribution in [2.24, 2.45) is 0 Å². The zero-order chi connectivity index (χ0) is 14.4. The molecule has 21 heavy (non-hydrogen) atoms. The molecule has 4 heteroatoms. The Labute approximate surface area is 132 Å². The van der Waals surface area contributed by atoms with Gasteiger partial charge in [0.25, 0.3) is 0 Å². The highest BCUT2D eigenvalue weighted by atomic mass is 35.5. The number of hydrogen-bond donors (Lipinski definition) is 1. The SMILES string of the molecule is CCOc1ccc2c(c1)SCc1c-2[nH]c2ccc(Cl)cc12. The van der Waals surface area contributed by atoms with E-state index in [1.54, 1.807) is 0 Å². The lowest BCUT2D eigenvalue weighted by atomic mass is 10.1. The monoisotopic (exact) mass is 315 g/mol. The van der Waals surface area contributed by atoms with E-state index in [2.05, 4.69) is 23.2 Å². The summed E-state index contributed by atoms with van der Waals surface area (Å²) in [6, 6.07) is 12.3. The average molecular weight is 316 g/mol. The number of fused-ring (bicyclic) bond motifs is 5. The number of aromatic nitrogens is 1. The topological polar surface area (TPSA) is 25.0 Å². The van der Waals surface area contributed by atoms with E-state index in [0.29, 0.717) is 6.61 Å². The maximum absolute atomic E-state index is 6.14. The Morgan fingerprint density at radius 3 is 3.00 bits per heavy atom. The lowest BCUT2D eigenvalue weighted by Gasteiger charge is -2.17. The van der Waals surface area contributed by atoms with Crippen LogP contribution in [-0.2, 0) is 5.75 Å². The van der Waals surface area contributed by atoms with Crippen LogP contribution in [0.25, 0.3) is 22.2 Å². The van der Waals surface area contributed by atoms with Gasteiger partial charge in [-0.15, -0.1) is 11.8 Å². The van der Waals surface area contributed by atoms with Crippen molar-refractivity contribution < 1.29 is 4.74 Å². The largest absolute Gasteiger partial charge is 0.494 e. The average Bonchev–Trinajstić information content (AvgIpc) is 2.85. The Bertz CT molecular complexity index is 840. The maximum atomic E-state index is 6.14. The van der Waals surface area contributed by atoms with Gasteiger partial charge < -0.3 is 9.72 Å². The predicted molar refractivity (Wildman–Crippen MR) is 89.5 cm³/mol. The molecule has 1 aromatic heterocycles. The van der Waals surface area contributed by atoms with Crippen molar-refractivity contribution in [3.05, 3.63) is 47.0 Å². The molecule has 0 unspecified atom stereocenters. The molecule has 1 N–H and O–H groups in total. The van der Waals surface area contributed by atoms with Crippen LogP contribution >= 0.6 is 23.4 Å². The van der Waals surface area contributed by atoms with Gasteiger partial charge in [0, 0.05) is 32.1 Å². The van der Waals surface area contributed by atoms with Gasteiger partial charge in [-0.2, -0.15) is 0 Å². The van der Waals surface area contributed by atoms with E-state index in [-0.39, 0.29) is 0 Å². The molecule has 3 aromatic rings. The Morgan fingerprint density at radius 2 is 2.14 bits per heavy atom. The number of ether oxygens (including phenoxy) is 1. The van der Waals surface area contributed by atoms with E-state index in [9.17, 15) is 0 Å². The summed E-state index contributed by atoms with van der Waals surface area (Å²) in [5, 5.41) is 2.01. The predicted octanol–water partition coefficient (Wildman–Crippen LogP) is 5.49. The first-order valence-electron chi connectivity index (χ1n) is 6.96. The lowest BCUT2D eigenvalue weighted by Crippen LogP contribution is -1.97. The molecule has 0 amide bonds. The highest BCUT2D eigenvalue weighted by Crippen LogP contribution is 2.45. The van der Waals surface area contributed by atoms with Gasteiger partial charge in [-0.3, -0.25) is 0 Å². The third-order valence-corrected chi connectivity index (χ3v) is 5.09. The molecule has 0 saturated heterocycles. The molecule has 0 spiro atoms. The molecule has 0 radical (unpaired) electrons. The highest BCUT2D eigenvalue weighted by Gasteiger charge is 2.21. The smallest absolute Gasteiger partial charge is 0.120 e. The van der Waals surface area contributed by atoms with Crippen LogP contribution in [0.2, 0.25) is 5.02 Å². The van der Waals surface area contributed by atoms with Crippen LogP contribution in [0.3, 0.4) is 0 Å². The number of H-pyrrole nitrogens is 1. The van der Waals surface area contributed by atoms with E-state index in [1.165, 1.54) is 27.1 Å². The van der Waals surface area contributed by atoms with Crippen LogP contribution in [0, 0.1) is 0 Å². The summed E-state index contributed by atoms with van der Waals surface area (Å²) >= 11 is 7.99. The van der Waals surface area contributed by atoms with E-state index in [1.807, 2.05) is 36.9 Å². The second kappa shape index (κ2) is 5.00. The Balaban J connectivity index is 1.90. The third kappa shape index (κ3) is 2.12. The lowest BCUT2D eigenvalue weighted by molar-refractivity contribution is 0.339. The Hall–Kier alpha value is -1.58. The first-order valence-corrected chi connectivity index (χ1v) is 8.32. The fourth-order valence-electron chi connectivity index (χ4n) is 2.83. The first kappa shape index (κ1) is 13.1. The summed E-state index contributed by atoms with van der Waals surface area (Å²) in [5.41, 5.74) is 4.95. The zero-order valence-electron chi connectivity index (χ0n) is 11.6. The summed E-state index contributed by atoms with van der Waals surface area (Å²) in [6.45, 7) is 2.70. The molecule has 1 aliphatic heterocycles. The number of thioether (sulfide) groups is 1. The molecule has 0 atom stereocenters. The zero-order valence-corrected chi connectivity index (χ0v) is 13.1. The number of aromatic amines is 1. The van der Waals surface area contributed by atoms with Gasteiger partial charge in [0.1, 0.15) is 5.75 Å². The van der Waals surface area contributed by atoms with Crippen molar-refractivity contribution in [2.45, 2.75) is 17.6 Å².